The van der Waals surface area contributed by atoms with E-state index in [4.69, 9.17) is 11.5 Å². The summed E-state index contributed by atoms with van der Waals surface area (Å²) in [5, 5.41) is 0.816. The molecule has 1 aliphatic rings. The van der Waals surface area contributed by atoms with Gasteiger partial charge in [0, 0.05) is 18.5 Å². The minimum absolute atomic E-state index is 0.0115. The van der Waals surface area contributed by atoms with E-state index in [1.54, 1.807) is 4.90 Å². The largest absolute Gasteiger partial charge is 0.383 e. The van der Waals surface area contributed by atoms with Gasteiger partial charge in [-0.15, -0.1) is 0 Å². The monoisotopic (exact) mass is 257 g/mol. The molecule has 1 atom stereocenters. The molecule has 1 saturated heterocycles. The predicted molar refractivity (Wildman–Crippen MR) is 72.0 cm³/mol. The van der Waals surface area contributed by atoms with Crippen molar-refractivity contribution in [1.29, 1.82) is 0 Å². The highest BCUT2D eigenvalue weighted by atomic mass is 16.2. The summed E-state index contributed by atoms with van der Waals surface area (Å²) in [4.78, 5) is 21.7. The number of fused-ring (bicyclic) bond motifs is 1. The lowest BCUT2D eigenvalue weighted by Crippen LogP contribution is -2.33. The number of carbonyl (C=O) groups is 1. The third-order valence-electron chi connectivity index (χ3n) is 3.44. The summed E-state index contributed by atoms with van der Waals surface area (Å²) in [5.41, 5.74) is 13.4. The Hall–Kier alpha value is -2.21. The second-order valence-electron chi connectivity index (χ2n) is 4.77. The Labute approximate surface area is 110 Å². The molecule has 1 aliphatic heterocycles. The Morgan fingerprint density at radius 1 is 1.37 bits per heavy atom. The second-order valence-corrected chi connectivity index (χ2v) is 4.77. The van der Waals surface area contributed by atoms with Gasteiger partial charge in [0.25, 0.3) is 0 Å². The number of nitrogens with two attached hydrogens (primary N) is 2. The van der Waals surface area contributed by atoms with E-state index in [0.717, 1.165) is 22.9 Å². The van der Waals surface area contributed by atoms with Crippen molar-refractivity contribution in [2.45, 2.75) is 19.0 Å². The normalized spacial score (nSPS) is 19.3. The Morgan fingerprint density at radius 2 is 2.21 bits per heavy atom. The maximum atomic E-state index is 11.8. The quantitative estimate of drug-likeness (QED) is 0.804. The average Bonchev–Trinajstić information content (AvgIpc) is 2.72. The number of amides is 1. The molecule has 0 unspecified atom stereocenters. The minimum Gasteiger partial charge on any atom is -0.383 e. The van der Waals surface area contributed by atoms with Crippen LogP contribution in [0.2, 0.25) is 0 Å². The molecule has 2 heterocycles. The number of benzene rings is 1. The van der Waals surface area contributed by atoms with Gasteiger partial charge < -0.3 is 16.4 Å². The lowest BCUT2D eigenvalue weighted by atomic mass is 10.1. The zero-order valence-electron chi connectivity index (χ0n) is 10.4. The molecule has 0 bridgehead atoms. The molecular formula is C13H15N5O. The van der Waals surface area contributed by atoms with Crippen LogP contribution in [0.15, 0.2) is 24.5 Å². The number of hydrogen-bond donors (Lipinski definition) is 2. The van der Waals surface area contributed by atoms with E-state index in [1.165, 1.54) is 6.33 Å². The average molecular weight is 257 g/mol. The molecule has 0 radical (unpaired) electrons. The minimum atomic E-state index is -0.353. The van der Waals surface area contributed by atoms with Crippen LogP contribution in [0.1, 0.15) is 12.0 Å². The van der Waals surface area contributed by atoms with Crippen LogP contribution in [-0.4, -0.2) is 33.4 Å². The zero-order valence-corrected chi connectivity index (χ0v) is 10.4. The van der Waals surface area contributed by atoms with Crippen molar-refractivity contribution in [1.82, 2.24) is 14.9 Å². The summed E-state index contributed by atoms with van der Waals surface area (Å²) in [5.74, 6) is 0.466. The third-order valence-corrected chi connectivity index (χ3v) is 3.44. The van der Waals surface area contributed by atoms with Gasteiger partial charge in [0.15, 0.2) is 0 Å². The smallest absolute Gasteiger partial charge is 0.239 e. The van der Waals surface area contributed by atoms with Crippen molar-refractivity contribution < 1.29 is 4.79 Å². The molecule has 6 heteroatoms. The number of carbonyl (C=O) groups excluding carboxylic acids is 1. The van der Waals surface area contributed by atoms with Gasteiger partial charge in [-0.05, 0) is 24.1 Å². The van der Waals surface area contributed by atoms with Crippen molar-refractivity contribution in [3.05, 3.63) is 30.1 Å². The number of nitrogen functional groups attached to an aromatic ring is 1. The number of hydrogen-bond acceptors (Lipinski definition) is 5. The summed E-state index contributed by atoms with van der Waals surface area (Å²) in [7, 11) is 0. The van der Waals surface area contributed by atoms with E-state index in [-0.39, 0.29) is 11.9 Å². The molecule has 98 valence electrons. The first-order valence-electron chi connectivity index (χ1n) is 6.18. The maximum Gasteiger partial charge on any atom is 0.239 e. The lowest BCUT2D eigenvalue weighted by Gasteiger charge is -2.16. The first kappa shape index (κ1) is 11.9. The molecular weight excluding hydrogens is 242 g/mol. The molecule has 0 saturated carbocycles. The Morgan fingerprint density at radius 3 is 2.95 bits per heavy atom. The van der Waals surface area contributed by atoms with E-state index in [0.29, 0.717) is 18.9 Å². The van der Waals surface area contributed by atoms with Crippen molar-refractivity contribution in [3.8, 4) is 0 Å². The first-order valence-corrected chi connectivity index (χ1v) is 6.18. The van der Waals surface area contributed by atoms with Gasteiger partial charge in [-0.3, -0.25) is 4.79 Å². The fourth-order valence-electron chi connectivity index (χ4n) is 2.36. The van der Waals surface area contributed by atoms with Gasteiger partial charge in [-0.1, -0.05) is 6.07 Å². The van der Waals surface area contributed by atoms with E-state index in [2.05, 4.69) is 9.97 Å². The molecule has 3 rings (SSSR count). The van der Waals surface area contributed by atoms with Crippen molar-refractivity contribution >= 4 is 22.6 Å². The summed E-state index contributed by atoms with van der Waals surface area (Å²) in [6, 6.07) is 5.42. The number of rotatable bonds is 2. The molecule has 19 heavy (non-hydrogen) atoms. The van der Waals surface area contributed by atoms with Gasteiger partial charge in [0.1, 0.15) is 12.1 Å². The van der Waals surface area contributed by atoms with E-state index < -0.39 is 0 Å². The molecule has 2 aromatic rings. The van der Waals surface area contributed by atoms with Gasteiger partial charge in [-0.2, -0.15) is 0 Å². The summed E-state index contributed by atoms with van der Waals surface area (Å²) in [6.07, 6.45) is 2.16. The molecule has 1 aromatic carbocycles. The maximum absolute atomic E-state index is 11.8. The van der Waals surface area contributed by atoms with Crippen LogP contribution in [-0.2, 0) is 11.3 Å². The molecule has 6 nitrogen and oxygen atoms in total. The van der Waals surface area contributed by atoms with Crippen molar-refractivity contribution in [2.24, 2.45) is 5.73 Å². The van der Waals surface area contributed by atoms with Crippen LogP contribution < -0.4 is 11.5 Å². The Balaban J connectivity index is 1.90. The van der Waals surface area contributed by atoms with Crippen LogP contribution in [0.5, 0.6) is 0 Å². The van der Waals surface area contributed by atoms with Gasteiger partial charge >= 0.3 is 0 Å². The van der Waals surface area contributed by atoms with Crippen LogP contribution >= 0.6 is 0 Å². The fourth-order valence-corrected chi connectivity index (χ4v) is 2.36. The van der Waals surface area contributed by atoms with Crippen LogP contribution in [0.4, 0.5) is 5.82 Å². The first-order chi connectivity index (χ1) is 9.15. The van der Waals surface area contributed by atoms with Crippen molar-refractivity contribution in [2.75, 3.05) is 12.3 Å². The highest BCUT2D eigenvalue weighted by Crippen LogP contribution is 2.20. The highest BCUT2D eigenvalue weighted by Gasteiger charge is 2.28. The molecule has 1 amide bonds. The van der Waals surface area contributed by atoms with E-state index >= 15 is 0 Å². The zero-order chi connectivity index (χ0) is 13.4. The standard InChI is InChI=1S/C13H15N5O/c14-10-3-4-18(13(10)19)6-8-1-2-11-9(5-8)12(15)17-7-16-11/h1-2,5,7,10H,3-4,6,14H2,(H2,15,16,17)/t10-/m0/s1. The number of nitrogens with zero attached hydrogens (tertiary/aromatic N) is 3. The highest BCUT2D eigenvalue weighted by molar-refractivity contribution is 5.88. The SMILES string of the molecule is Nc1ncnc2ccc(CN3CC[C@H](N)C3=O)cc12. The molecule has 1 fully saturated rings. The van der Waals surface area contributed by atoms with E-state index in [9.17, 15) is 4.79 Å². The summed E-state index contributed by atoms with van der Waals surface area (Å²) >= 11 is 0. The predicted octanol–water partition coefficient (Wildman–Crippen LogP) is 0.272. The molecule has 0 spiro atoms. The number of likely N-dealkylation sites (tertiary alicyclic amines) is 1. The molecule has 4 N–H and O–H groups in total. The Bertz CT molecular complexity index is 642. The summed E-state index contributed by atoms with van der Waals surface area (Å²) in [6.45, 7) is 1.26. The Kier molecular flexibility index (Phi) is 2.79. The number of aromatic nitrogens is 2. The van der Waals surface area contributed by atoms with Crippen LogP contribution in [0.25, 0.3) is 10.9 Å². The summed E-state index contributed by atoms with van der Waals surface area (Å²) < 4.78 is 0. The molecule has 0 aliphatic carbocycles. The lowest BCUT2D eigenvalue weighted by molar-refractivity contribution is -0.129. The number of anilines is 1. The third kappa shape index (κ3) is 2.10. The molecule has 1 aromatic heterocycles. The van der Waals surface area contributed by atoms with Gasteiger partial charge in [0.05, 0.1) is 11.6 Å². The van der Waals surface area contributed by atoms with Gasteiger partial charge in [-0.25, -0.2) is 9.97 Å². The van der Waals surface area contributed by atoms with Crippen molar-refractivity contribution in [3.63, 3.8) is 0 Å². The fraction of sp³-hybridized carbons (Fsp3) is 0.308. The topological polar surface area (TPSA) is 98.1 Å². The van der Waals surface area contributed by atoms with Crippen LogP contribution in [0.3, 0.4) is 0 Å². The van der Waals surface area contributed by atoms with E-state index in [1.807, 2.05) is 18.2 Å². The second kappa shape index (κ2) is 4.47. The van der Waals surface area contributed by atoms with Gasteiger partial charge in [0.2, 0.25) is 5.91 Å². The van der Waals surface area contributed by atoms with Crippen LogP contribution in [0, 0.1) is 0 Å².